The van der Waals surface area contributed by atoms with E-state index < -0.39 is 0 Å². The van der Waals surface area contributed by atoms with E-state index in [1.54, 1.807) is 18.2 Å². The minimum atomic E-state index is -0.00514. The number of benzene rings is 2. The Kier molecular flexibility index (Phi) is 4.85. The van der Waals surface area contributed by atoms with E-state index in [0.29, 0.717) is 5.75 Å². The second kappa shape index (κ2) is 6.83. The molecule has 2 rings (SSSR count). The summed E-state index contributed by atoms with van der Waals surface area (Å²) in [5, 5.41) is 9.81. The first-order valence-electron chi connectivity index (χ1n) is 6.81. The number of ether oxygens (including phenoxy) is 1. The second-order valence-electron chi connectivity index (χ2n) is 4.63. The second-order valence-corrected chi connectivity index (χ2v) is 4.63. The van der Waals surface area contributed by atoms with Gasteiger partial charge in [-0.15, -0.1) is 0 Å². The average Bonchev–Trinajstić information content (AvgIpc) is 2.46. The molecular weight excluding hydrogens is 236 g/mol. The Hall–Kier alpha value is -1.96. The highest BCUT2D eigenvalue weighted by Gasteiger charge is 2.14. The summed E-state index contributed by atoms with van der Waals surface area (Å²) < 4.78 is 5.98. The van der Waals surface area contributed by atoms with Gasteiger partial charge in [0.15, 0.2) is 11.5 Å². The van der Waals surface area contributed by atoms with Gasteiger partial charge in [0.1, 0.15) is 6.10 Å². The normalized spacial score (nSPS) is 12.1. The van der Waals surface area contributed by atoms with Crippen molar-refractivity contribution >= 4 is 0 Å². The van der Waals surface area contributed by atoms with E-state index in [1.807, 2.05) is 24.3 Å². The maximum absolute atomic E-state index is 9.81. The summed E-state index contributed by atoms with van der Waals surface area (Å²) in [5.74, 6) is 0.743. The van der Waals surface area contributed by atoms with Gasteiger partial charge in [-0.2, -0.15) is 0 Å². The van der Waals surface area contributed by atoms with Crippen molar-refractivity contribution in [3.05, 3.63) is 60.2 Å². The van der Waals surface area contributed by atoms with Crippen molar-refractivity contribution in [3.8, 4) is 11.5 Å². The lowest BCUT2D eigenvalue weighted by Gasteiger charge is -2.20. The number of unbranched alkanes of at least 4 members (excludes halogenated alkanes) is 1. The predicted octanol–water partition coefficient (Wildman–Crippen LogP) is 4.70. The SMILES string of the molecule is CCCCC(Oc1ccccc1O)c1ccccc1. The van der Waals surface area contributed by atoms with E-state index >= 15 is 0 Å². The smallest absolute Gasteiger partial charge is 0.161 e. The van der Waals surface area contributed by atoms with Crippen LogP contribution < -0.4 is 4.74 Å². The van der Waals surface area contributed by atoms with Gasteiger partial charge in [-0.05, 0) is 30.5 Å². The van der Waals surface area contributed by atoms with Crippen LogP contribution in [0.25, 0.3) is 0 Å². The van der Waals surface area contributed by atoms with Gasteiger partial charge in [-0.3, -0.25) is 0 Å². The molecule has 0 bridgehead atoms. The number of aromatic hydroxyl groups is 1. The predicted molar refractivity (Wildman–Crippen MR) is 77.4 cm³/mol. The van der Waals surface area contributed by atoms with Crippen molar-refractivity contribution in [2.45, 2.75) is 32.3 Å². The van der Waals surface area contributed by atoms with Crippen LogP contribution in [0.3, 0.4) is 0 Å². The van der Waals surface area contributed by atoms with Crippen molar-refractivity contribution in [1.29, 1.82) is 0 Å². The number of hydrogen-bond acceptors (Lipinski definition) is 2. The minimum Gasteiger partial charge on any atom is -0.504 e. The number of phenols is 1. The Labute approximate surface area is 114 Å². The summed E-state index contributed by atoms with van der Waals surface area (Å²) in [7, 11) is 0. The molecule has 0 spiro atoms. The maximum atomic E-state index is 9.81. The van der Waals surface area contributed by atoms with Crippen molar-refractivity contribution in [1.82, 2.24) is 0 Å². The first kappa shape index (κ1) is 13.5. The Morgan fingerprint density at radius 1 is 1.00 bits per heavy atom. The van der Waals surface area contributed by atoms with Gasteiger partial charge in [-0.25, -0.2) is 0 Å². The van der Waals surface area contributed by atoms with Gasteiger partial charge in [0.2, 0.25) is 0 Å². The summed E-state index contributed by atoms with van der Waals surface area (Å²) in [6.07, 6.45) is 3.18. The molecule has 0 saturated heterocycles. The van der Waals surface area contributed by atoms with E-state index in [1.165, 1.54) is 0 Å². The molecule has 2 aromatic rings. The quantitative estimate of drug-likeness (QED) is 0.811. The van der Waals surface area contributed by atoms with E-state index in [0.717, 1.165) is 24.8 Å². The van der Waals surface area contributed by atoms with Crippen LogP contribution in [-0.2, 0) is 0 Å². The molecule has 1 unspecified atom stereocenters. The fourth-order valence-corrected chi connectivity index (χ4v) is 2.06. The van der Waals surface area contributed by atoms with Crippen LogP contribution in [0.5, 0.6) is 11.5 Å². The van der Waals surface area contributed by atoms with Gasteiger partial charge < -0.3 is 9.84 Å². The van der Waals surface area contributed by atoms with Gasteiger partial charge in [0, 0.05) is 0 Å². The monoisotopic (exact) mass is 256 g/mol. The highest BCUT2D eigenvalue weighted by Crippen LogP contribution is 2.32. The summed E-state index contributed by atoms with van der Waals surface area (Å²) in [5.41, 5.74) is 1.15. The molecule has 0 fully saturated rings. The van der Waals surface area contributed by atoms with Crippen LogP contribution in [0, 0.1) is 0 Å². The minimum absolute atomic E-state index is 0.00514. The molecule has 0 aliphatic carbocycles. The highest BCUT2D eigenvalue weighted by molar-refractivity contribution is 5.38. The first-order chi connectivity index (χ1) is 9.31. The lowest BCUT2D eigenvalue weighted by Crippen LogP contribution is -2.07. The van der Waals surface area contributed by atoms with Gasteiger partial charge in [-0.1, -0.05) is 55.8 Å². The topological polar surface area (TPSA) is 29.5 Å². The molecule has 0 radical (unpaired) electrons. The molecule has 2 heteroatoms. The third-order valence-corrected chi connectivity index (χ3v) is 3.13. The lowest BCUT2D eigenvalue weighted by molar-refractivity contribution is 0.184. The van der Waals surface area contributed by atoms with Crippen LogP contribution in [0.4, 0.5) is 0 Å². The molecule has 2 aromatic carbocycles. The summed E-state index contributed by atoms with van der Waals surface area (Å²) in [6, 6.07) is 17.3. The van der Waals surface area contributed by atoms with Gasteiger partial charge in [0.25, 0.3) is 0 Å². The van der Waals surface area contributed by atoms with Crippen molar-refractivity contribution in [3.63, 3.8) is 0 Å². The molecule has 1 atom stereocenters. The van der Waals surface area contributed by atoms with Crippen LogP contribution in [-0.4, -0.2) is 5.11 Å². The maximum Gasteiger partial charge on any atom is 0.161 e. The third-order valence-electron chi connectivity index (χ3n) is 3.13. The van der Waals surface area contributed by atoms with Gasteiger partial charge >= 0.3 is 0 Å². The molecule has 2 nitrogen and oxygen atoms in total. The van der Waals surface area contributed by atoms with Crippen LogP contribution in [0.1, 0.15) is 37.9 Å². The van der Waals surface area contributed by atoms with Gasteiger partial charge in [0.05, 0.1) is 0 Å². The molecule has 1 N–H and O–H groups in total. The lowest BCUT2D eigenvalue weighted by atomic mass is 10.0. The zero-order valence-corrected chi connectivity index (χ0v) is 11.3. The molecule has 0 amide bonds. The Morgan fingerprint density at radius 3 is 2.37 bits per heavy atom. The van der Waals surface area contributed by atoms with Crippen molar-refractivity contribution in [2.24, 2.45) is 0 Å². The number of phenolic OH excluding ortho intramolecular Hbond substituents is 1. The summed E-state index contributed by atoms with van der Waals surface area (Å²) >= 11 is 0. The molecule has 0 aliphatic heterocycles. The molecule has 0 saturated carbocycles. The van der Waals surface area contributed by atoms with E-state index in [9.17, 15) is 5.11 Å². The Bertz CT molecular complexity index is 494. The first-order valence-corrected chi connectivity index (χ1v) is 6.81. The van der Waals surface area contributed by atoms with Crippen molar-refractivity contribution in [2.75, 3.05) is 0 Å². The van der Waals surface area contributed by atoms with E-state index in [4.69, 9.17) is 4.74 Å². The van der Waals surface area contributed by atoms with Crippen LogP contribution in [0.15, 0.2) is 54.6 Å². The highest BCUT2D eigenvalue weighted by atomic mass is 16.5. The summed E-state index contributed by atoms with van der Waals surface area (Å²) in [6.45, 7) is 2.17. The average molecular weight is 256 g/mol. The zero-order valence-electron chi connectivity index (χ0n) is 11.3. The Balaban J connectivity index is 2.17. The molecular formula is C17H20O2. The largest absolute Gasteiger partial charge is 0.504 e. The fourth-order valence-electron chi connectivity index (χ4n) is 2.06. The molecule has 100 valence electrons. The number of rotatable bonds is 6. The molecule has 0 aromatic heterocycles. The molecule has 19 heavy (non-hydrogen) atoms. The zero-order chi connectivity index (χ0) is 13.5. The van der Waals surface area contributed by atoms with E-state index in [2.05, 4.69) is 19.1 Å². The third kappa shape index (κ3) is 3.75. The number of hydrogen-bond donors (Lipinski definition) is 1. The fraction of sp³-hybridized carbons (Fsp3) is 0.294. The standard InChI is InChI=1S/C17H20O2/c1-2-3-12-16(14-9-5-4-6-10-14)19-17-13-8-7-11-15(17)18/h4-11,13,16,18H,2-3,12H2,1H3. The summed E-state index contributed by atoms with van der Waals surface area (Å²) in [4.78, 5) is 0. The Morgan fingerprint density at radius 2 is 1.68 bits per heavy atom. The number of para-hydroxylation sites is 2. The van der Waals surface area contributed by atoms with Crippen molar-refractivity contribution < 1.29 is 9.84 Å². The molecule has 0 heterocycles. The van der Waals surface area contributed by atoms with Crippen LogP contribution >= 0.6 is 0 Å². The van der Waals surface area contributed by atoms with E-state index in [-0.39, 0.29) is 11.9 Å². The van der Waals surface area contributed by atoms with Crippen LogP contribution in [0.2, 0.25) is 0 Å². The molecule has 0 aliphatic rings.